The molecule has 5 nitrogen and oxygen atoms in total. The Kier molecular flexibility index (Phi) is 6.41. The molecular weight excluding hydrogens is 370 g/mol. The Morgan fingerprint density at radius 3 is 2.35 bits per heavy atom. The third kappa shape index (κ3) is 4.51. The first-order valence-corrected chi connectivity index (χ1v) is 9.66. The van der Waals surface area contributed by atoms with Crippen molar-refractivity contribution in [1.29, 1.82) is 0 Å². The predicted molar refractivity (Wildman–Crippen MR) is 105 cm³/mol. The molecule has 2 aromatic carbocycles. The molecule has 0 radical (unpaired) electrons. The summed E-state index contributed by atoms with van der Waals surface area (Å²) in [4.78, 5) is 0. The van der Waals surface area contributed by atoms with Crippen LogP contribution in [0.5, 0.6) is 11.5 Å². The number of hydrogen-bond acceptors (Lipinski definition) is 5. The van der Waals surface area contributed by atoms with Crippen LogP contribution >= 0.6 is 23.4 Å². The van der Waals surface area contributed by atoms with E-state index in [2.05, 4.69) is 21.7 Å². The minimum atomic E-state index is 0.587. The van der Waals surface area contributed by atoms with Crippen molar-refractivity contribution in [3.8, 4) is 22.9 Å². The zero-order valence-corrected chi connectivity index (χ0v) is 16.3. The van der Waals surface area contributed by atoms with Gasteiger partial charge < -0.3 is 14.0 Å². The van der Waals surface area contributed by atoms with Crippen molar-refractivity contribution in [3.05, 3.63) is 53.6 Å². The lowest BCUT2D eigenvalue weighted by Crippen LogP contribution is -2.03. The van der Waals surface area contributed by atoms with Crippen molar-refractivity contribution in [1.82, 2.24) is 14.8 Å². The number of halogens is 1. The van der Waals surface area contributed by atoms with Crippen LogP contribution in [0.25, 0.3) is 11.4 Å². The summed E-state index contributed by atoms with van der Waals surface area (Å²) in [5.41, 5.74) is 1.00. The van der Waals surface area contributed by atoms with Gasteiger partial charge in [0.15, 0.2) is 11.0 Å². The SMILES string of the molecule is CCn1c(SCCOc2ccc(OC)cc2)nnc1-c1ccc(Cl)cc1. The van der Waals surface area contributed by atoms with Crippen molar-refractivity contribution >= 4 is 23.4 Å². The second-order valence-corrected chi connectivity index (χ2v) is 6.93. The minimum Gasteiger partial charge on any atom is -0.497 e. The van der Waals surface area contributed by atoms with Gasteiger partial charge in [-0.3, -0.25) is 0 Å². The molecule has 7 heteroatoms. The van der Waals surface area contributed by atoms with Gasteiger partial charge in [0.2, 0.25) is 0 Å². The minimum absolute atomic E-state index is 0.587. The van der Waals surface area contributed by atoms with Gasteiger partial charge in [-0.1, -0.05) is 23.4 Å². The molecule has 0 bridgehead atoms. The van der Waals surface area contributed by atoms with Crippen LogP contribution in [0, 0.1) is 0 Å². The zero-order valence-electron chi connectivity index (χ0n) is 14.7. The topological polar surface area (TPSA) is 49.2 Å². The van der Waals surface area contributed by atoms with E-state index in [4.69, 9.17) is 21.1 Å². The van der Waals surface area contributed by atoms with E-state index in [1.807, 2.05) is 48.5 Å². The molecule has 0 fully saturated rings. The van der Waals surface area contributed by atoms with E-state index < -0.39 is 0 Å². The number of nitrogens with zero attached hydrogens (tertiary/aromatic N) is 3. The van der Waals surface area contributed by atoms with Crippen LogP contribution in [-0.4, -0.2) is 34.2 Å². The number of ether oxygens (including phenoxy) is 2. The molecule has 0 amide bonds. The fraction of sp³-hybridized carbons (Fsp3) is 0.263. The monoisotopic (exact) mass is 389 g/mol. The maximum atomic E-state index is 5.96. The summed E-state index contributed by atoms with van der Waals surface area (Å²) in [5, 5.41) is 10.3. The number of thioether (sulfide) groups is 1. The average Bonchev–Trinajstić information content (AvgIpc) is 3.09. The first kappa shape index (κ1) is 18.6. The molecule has 26 heavy (non-hydrogen) atoms. The van der Waals surface area contributed by atoms with Gasteiger partial charge in [-0.15, -0.1) is 10.2 Å². The van der Waals surface area contributed by atoms with Crippen LogP contribution < -0.4 is 9.47 Å². The van der Waals surface area contributed by atoms with E-state index in [1.165, 1.54) is 0 Å². The molecule has 0 saturated carbocycles. The van der Waals surface area contributed by atoms with Crippen molar-refractivity contribution in [3.63, 3.8) is 0 Å². The van der Waals surface area contributed by atoms with Crippen molar-refractivity contribution < 1.29 is 9.47 Å². The Labute approximate surface area is 162 Å². The highest BCUT2D eigenvalue weighted by Crippen LogP contribution is 2.25. The maximum Gasteiger partial charge on any atom is 0.191 e. The Bertz CT molecular complexity index is 835. The Morgan fingerprint density at radius 2 is 1.69 bits per heavy atom. The van der Waals surface area contributed by atoms with Crippen LogP contribution in [0.15, 0.2) is 53.7 Å². The van der Waals surface area contributed by atoms with Crippen molar-refractivity contribution in [2.75, 3.05) is 19.5 Å². The van der Waals surface area contributed by atoms with Gasteiger partial charge in [-0.25, -0.2) is 0 Å². The normalized spacial score (nSPS) is 10.7. The number of hydrogen-bond donors (Lipinski definition) is 0. The Balaban J connectivity index is 1.58. The summed E-state index contributed by atoms with van der Waals surface area (Å²) in [6.45, 7) is 3.47. The van der Waals surface area contributed by atoms with Crippen LogP contribution in [-0.2, 0) is 6.54 Å². The standard InChI is InChI=1S/C19H20ClN3O2S/c1-3-23-18(14-4-6-15(20)7-5-14)21-22-19(23)26-13-12-25-17-10-8-16(24-2)9-11-17/h4-11H,3,12-13H2,1-2H3. The molecule has 0 aliphatic heterocycles. The summed E-state index contributed by atoms with van der Waals surface area (Å²) < 4.78 is 13.0. The smallest absolute Gasteiger partial charge is 0.191 e. The quantitative estimate of drug-likeness (QED) is 0.409. The Hall–Kier alpha value is -2.18. The van der Waals surface area contributed by atoms with Gasteiger partial charge >= 0.3 is 0 Å². The summed E-state index contributed by atoms with van der Waals surface area (Å²) in [5.74, 6) is 3.27. The van der Waals surface area contributed by atoms with E-state index in [-0.39, 0.29) is 0 Å². The summed E-state index contributed by atoms with van der Waals surface area (Å²) in [6, 6.07) is 15.2. The number of aromatic nitrogens is 3. The van der Waals surface area contributed by atoms with Crippen LogP contribution in [0.4, 0.5) is 0 Å². The fourth-order valence-corrected chi connectivity index (χ4v) is 3.40. The highest BCUT2D eigenvalue weighted by Gasteiger charge is 2.13. The van der Waals surface area contributed by atoms with Crippen molar-refractivity contribution in [2.45, 2.75) is 18.6 Å². The molecule has 136 valence electrons. The van der Waals surface area contributed by atoms with Gasteiger partial charge in [0, 0.05) is 22.9 Å². The molecule has 0 saturated heterocycles. The van der Waals surface area contributed by atoms with Gasteiger partial charge in [0.25, 0.3) is 0 Å². The summed E-state index contributed by atoms with van der Waals surface area (Å²) in [7, 11) is 1.65. The summed E-state index contributed by atoms with van der Waals surface area (Å²) >= 11 is 7.59. The third-order valence-electron chi connectivity index (χ3n) is 3.78. The van der Waals surface area contributed by atoms with Gasteiger partial charge in [0.05, 0.1) is 13.7 Å². The third-order valence-corrected chi connectivity index (χ3v) is 4.96. The molecule has 0 aliphatic carbocycles. The molecule has 1 heterocycles. The fourth-order valence-electron chi connectivity index (χ4n) is 2.46. The Morgan fingerprint density at radius 1 is 1.00 bits per heavy atom. The highest BCUT2D eigenvalue weighted by atomic mass is 35.5. The van der Waals surface area contributed by atoms with Crippen LogP contribution in [0.3, 0.4) is 0 Å². The summed E-state index contributed by atoms with van der Waals surface area (Å²) in [6.07, 6.45) is 0. The van der Waals surface area contributed by atoms with Crippen LogP contribution in [0.2, 0.25) is 5.02 Å². The predicted octanol–water partition coefficient (Wildman–Crippen LogP) is 4.80. The number of benzene rings is 2. The lowest BCUT2D eigenvalue weighted by atomic mass is 10.2. The van der Waals surface area contributed by atoms with E-state index in [1.54, 1.807) is 18.9 Å². The van der Waals surface area contributed by atoms with Gasteiger partial charge in [0.1, 0.15) is 11.5 Å². The first-order chi connectivity index (χ1) is 12.7. The molecule has 0 atom stereocenters. The van der Waals surface area contributed by atoms with E-state index in [9.17, 15) is 0 Å². The zero-order chi connectivity index (χ0) is 18.4. The van der Waals surface area contributed by atoms with Gasteiger partial charge in [-0.05, 0) is 55.5 Å². The van der Waals surface area contributed by atoms with E-state index in [0.717, 1.165) is 40.3 Å². The molecule has 3 rings (SSSR count). The molecule has 0 N–H and O–H groups in total. The maximum absolute atomic E-state index is 5.96. The average molecular weight is 390 g/mol. The lowest BCUT2D eigenvalue weighted by Gasteiger charge is -2.09. The van der Waals surface area contributed by atoms with E-state index in [0.29, 0.717) is 11.6 Å². The van der Waals surface area contributed by atoms with Crippen LogP contribution in [0.1, 0.15) is 6.92 Å². The largest absolute Gasteiger partial charge is 0.497 e. The molecule has 0 unspecified atom stereocenters. The number of methoxy groups -OCH3 is 1. The molecular formula is C19H20ClN3O2S. The molecule has 1 aromatic heterocycles. The highest BCUT2D eigenvalue weighted by molar-refractivity contribution is 7.99. The van der Waals surface area contributed by atoms with Crippen molar-refractivity contribution in [2.24, 2.45) is 0 Å². The molecule has 0 aliphatic rings. The molecule has 0 spiro atoms. The van der Waals surface area contributed by atoms with Gasteiger partial charge in [-0.2, -0.15) is 0 Å². The lowest BCUT2D eigenvalue weighted by molar-refractivity contribution is 0.342. The second-order valence-electron chi connectivity index (χ2n) is 5.43. The first-order valence-electron chi connectivity index (χ1n) is 8.30. The second kappa shape index (κ2) is 8.96. The molecule has 3 aromatic rings. The van der Waals surface area contributed by atoms with E-state index >= 15 is 0 Å². The number of rotatable bonds is 8.